The van der Waals surface area contributed by atoms with Crippen LogP contribution in [0.15, 0.2) is 48.5 Å². The van der Waals surface area contributed by atoms with Gasteiger partial charge in [0.25, 0.3) is 0 Å². The quantitative estimate of drug-likeness (QED) is 0.841. The first-order chi connectivity index (χ1) is 10.1. The molecule has 2 atom stereocenters. The molecule has 3 heteroatoms. The zero-order chi connectivity index (χ0) is 15.2. The van der Waals surface area contributed by atoms with Crippen molar-refractivity contribution in [2.45, 2.75) is 32.6 Å². The number of ether oxygens (including phenoxy) is 1. The molecule has 0 fully saturated rings. The fourth-order valence-corrected chi connectivity index (χ4v) is 2.31. The Balaban J connectivity index is 2.13. The van der Waals surface area contributed by atoms with Gasteiger partial charge in [0.1, 0.15) is 0 Å². The highest BCUT2D eigenvalue weighted by atomic mass is 16.5. The fourth-order valence-electron chi connectivity index (χ4n) is 2.31. The smallest absolute Gasteiger partial charge is 0.0793 e. The maximum absolute atomic E-state index is 9.22. The maximum Gasteiger partial charge on any atom is 0.0793 e. The van der Waals surface area contributed by atoms with E-state index >= 15 is 0 Å². The zero-order valence-corrected chi connectivity index (χ0v) is 12.8. The van der Waals surface area contributed by atoms with Crippen LogP contribution in [0.5, 0.6) is 0 Å². The minimum absolute atomic E-state index is 0.0708. The van der Waals surface area contributed by atoms with Crippen molar-refractivity contribution in [1.82, 2.24) is 0 Å². The summed E-state index contributed by atoms with van der Waals surface area (Å²) < 4.78 is 5.36. The molecule has 0 saturated heterocycles. The monoisotopic (exact) mass is 285 g/mol. The van der Waals surface area contributed by atoms with E-state index in [-0.39, 0.29) is 18.8 Å². The first-order valence-corrected chi connectivity index (χ1v) is 7.23. The predicted molar refractivity (Wildman–Crippen MR) is 86.3 cm³/mol. The van der Waals surface area contributed by atoms with Gasteiger partial charge < -0.3 is 15.2 Å². The molecule has 2 rings (SSSR count). The van der Waals surface area contributed by atoms with E-state index in [0.717, 1.165) is 22.4 Å². The van der Waals surface area contributed by atoms with Gasteiger partial charge in [-0.25, -0.2) is 0 Å². The molecule has 2 aromatic carbocycles. The molecule has 2 N–H and O–H groups in total. The summed E-state index contributed by atoms with van der Waals surface area (Å²) in [5.74, 6) is 0. The number of nitrogens with one attached hydrogen (secondary N) is 1. The predicted octanol–water partition coefficient (Wildman–Crippen LogP) is 4.06. The van der Waals surface area contributed by atoms with Crippen molar-refractivity contribution in [3.05, 3.63) is 65.2 Å². The molecule has 0 aliphatic rings. The molecule has 0 bridgehead atoms. The largest absolute Gasteiger partial charge is 0.392 e. The van der Waals surface area contributed by atoms with Gasteiger partial charge in [-0.05, 0) is 42.7 Å². The van der Waals surface area contributed by atoms with Gasteiger partial charge >= 0.3 is 0 Å². The van der Waals surface area contributed by atoms with Gasteiger partial charge in [0.15, 0.2) is 0 Å². The summed E-state index contributed by atoms with van der Waals surface area (Å²) in [7, 11) is 1.72. The van der Waals surface area contributed by atoms with Crippen LogP contribution in [0.1, 0.15) is 42.7 Å². The summed E-state index contributed by atoms with van der Waals surface area (Å²) in [5.41, 5.74) is 4.31. The van der Waals surface area contributed by atoms with Crippen LogP contribution in [0.3, 0.4) is 0 Å². The van der Waals surface area contributed by atoms with Gasteiger partial charge in [-0.15, -0.1) is 0 Å². The van der Waals surface area contributed by atoms with Gasteiger partial charge in [0, 0.05) is 18.8 Å². The minimum atomic E-state index is 0.0708. The van der Waals surface area contributed by atoms with Crippen LogP contribution in [0, 0.1) is 0 Å². The normalized spacial score (nSPS) is 13.7. The highest BCUT2D eigenvalue weighted by Gasteiger charge is 2.08. The first-order valence-electron chi connectivity index (χ1n) is 7.23. The lowest BCUT2D eigenvalue weighted by Gasteiger charge is -2.18. The number of benzene rings is 2. The van der Waals surface area contributed by atoms with Crippen LogP contribution >= 0.6 is 0 Å². The molecule has 0 heterocycles. The molecule has 0 saturated carbocycles. The third-order valence-corrected chi connectivity index (χ3v) is 3.73. The Morgan fingerprint density at radius 1 is 1.05 bits per heavy atom. The third kappa shape index (κ3) is 4.06. The van der Waals surface area contributed by atoms with E-state index in [2.05, 4.69) is 36.5 Å². The molecule has 21 heavy (non-hydrogen) atoms. The van der Waals surface area contributed by atoms with Gasteiger partial charge in [0.05, 0.1) is 12.7 Å². The summed E-state index contributed by atoms with van der Waals surface area (Å²) in [4.78, 5) is 0. The Morgan fingerprint density at radius 3 is 2.48 bits per heavy atom. The molecular weight excluding hydrogens is 262 g/mol. The van der Waals surface area contributed by atoms with Crippen LogP contribution in [0.25, 0.3) is 0 Å². The topological polar surface area (TPSA) is 41.5 Å². The van der Waals surface area contributed by atoms with Crippen LogP contribution in [0.2, 0.25) is 0 Å². The van der Waals surface area contributed by atoms with Crippen molar-refractivity contribution in [1.29, 1.82) is 0 Å². The van der Waals surface area contributed by atoms with Crippen LogP contribution in [-0.2, 0) is 11.3 Å². The number of hydrogen-bond acceptors (Lipinski definition) is 3. The van der Waals surface area contributed by atoms with Crippen molar-refractivity contribution < 1.29 is 9.84 Å². The molecule has 2 aromatic rings. The van der Waals surface area contributed by atoms with Gasteiger partial charge in [-0.2, -0.15) is 0 Å². The average Bonchev–Trinajstić information content (AvgIpc) is 2.54. The Morgan fingerprint density at radius 2 is 1.76 bits per heavy atom. The Labute approximate surface area is 126 Å². The zero-order valence-electron chi connectivity index (χ0n) is 12.8. The maximum atomic E-state index is 9.22. The van der Waals surface area contributed by atoms with E-state index in [1.54, 1.807) is 7.11 Å². The minimum Gasteiger partial charge on any atom is -0.392 e. The summed E-state index contributed by atoms with van der Waals surface area (Å²) in [5, 5.41) is 12.7. The summed E-state index contributed by atoms with van der Waals surface area (Å²) in [6.07, 6.45) is 0.0831. The molecule has 0 aromatic heterocycles. The number of hydrogen-bond donors (Lipinski definition) is 2. The van der Waals surface area contributed by atoms with E-state index in [4.69, 9.17) is 4.74 Å². The highest BCUT2D eigenvalue weighted by molar-refractivity contribution is 5.48. The number of anilines is 1. The second-order valence-corrected chi connectivity index (χ2v) is 5.27. The van der Waals surface area contributed by atoms with Gasteiger partial charge in [-0.1, -0.05) is 36.4 Å². The van der Waals surface area contributed by atoms with Crippen LogP contribution < -0.4 is 5.32 Å². The molecule has 3 nitrogen and oxygen atoms in total. The third-order valence-electron chi connectivity index (χ3n) is 3.73. The number of rotatable bonds is 6. The number of aliphatic hydroxyl groups excluding tert-OH is 1. The molecule has 0 amide bonds. The highest BCUT2D eigenvalue weighted by Crippen LogP contribution is 2.24. The standard InChI is InChI=1S/C18H23NO2/c1-13(16-7-4-6-15(10-16)12-20)19-18-9-5-8-17(11-18)14(2)21-3/h4-11,13-14,19-20H,12H2,1-3H3. The van der Waals surface area contributed by atoms with Crippen molar-refractivity contribution in [2.75, 3.05) is 12.4 Å². The first kappa shape index (κ1) is 15.5. The fraction of sp³-hybridized carbons (Fsp3) is 0.333. The lowest BCUT2D eigenvalue weighted by molar-refractivity contribution is 0.119. The van der Waals surface area contributed by atoms with E-state index in [9.17, 15) is 5.11 Å². The molecular formula is C18H23NO2. The molecule has 2 unspecified atom stereocenters. The lowest BCUT2D eigenvalue weighted by atomic mass is 10.0. The number of methoxy groups -OCH3 is 1. The molecule has 0 spiro atoms. The molecule has 0 aliphatic carbocycles. The van der Waals surface area contributed by atoms with E-state index in [1.807, 2.05) is 31.2 Å². The summed E-state index contributed by atoms with van der Waals surface area (Å²) in [6, 6.07) is 16.4. The van der Waals surface area contributed by atoms with Crippen molar-refractivity contribution >= 4 is 5.69 Å². The second-order valence-electron chi connectivity index (χ2n) is 5.27. The summed E-state index contributed by atoms with van der Waals surface area (Å²) >= 11 is 0. The Kier molecular flexibility index (Phi) is 5.37. The molecule has 112 valence electrons. The van der Waals surface area contributed by atoms with Crippen molar-refractivity contribution in [3.63, 3.8) is 0 Å². The summed E-state index contributed by atoms with van der Waals surface area (Å²) in [6.45, 7) is 4.22. The van der Waals surface area contributed by atoms with E-state index < -0.39 is 0 Å². The molecule has 0 aliphatic heterocycles. The SMILES string of the molecule is COC(C)c1cccc(NC(C)c2cccc(CO)c2)c1. The van der Waals surface area contributed by atoms with Gasteiger partial charge in [0.2, 0.25) is 0 Å². The molecule has 0 radical (unpaired) electrons. The van der Waals surface area contributed by atoms with Gasteiger partial charge in [-0.3, -0.25) is 0 Å². The Bertz CT molecular complexity index is 583. The lowest BCUT2D eigenvalue weighted by Crippen LogP contribution is -2.07. The van der Waals surface area contributed by atoms with E-state index in [1.165, 1.54) is 0 Å². The van der Waals surface area contributed by atoms with Crippen LogP contribution in [0.4, 0.5) is 5.69 Å². The van der Waals surface area contributed by atoms with Crippen molar-refractivity contribution in [3.8, 4) is 0 Å². The van der Waals surface area contributed by atoms with E-state index in [0.29, 0.717) is 0 Å². The number of aliphatic hydroxyl groups is 1. The van der Waals surface area contributed by atoms with Crippen molar-refractivity contribution in [2.24, 2.45) is 0 Å². The Hall–Kier alpha value is -1.84. The second kappa shape index (κ2) is 7.25. The average molecular weight is 285 g/mol. The van der Waals surface area contributed by atoms with Crippen LogP contribution in [-0.4, -0.2) is 12.2 Å².